The minimum Gasteiger partial charge on any atom is -0.477 e. The van der Waals surface area contributed by atoms with Crippen molar-refractivity contribution in [1.29, 1.82) is 0 Å². The van der Waals surface area contributed by atoms with Crippen molar-refractivity contribution in [3.05, 3.63) is 40.8 Å². The van der Waals surface area contributed by atoms with E-state index in [-0.39, 0.29) is 21.2 Å². The van der Waals surface area contributed by atoms with Crippen LogP contribution in [0.2, 0.25) is 0 Å². The van der Waals surface area contributed by atoms with E-state index in [9.17, 15) is 18.0 Å². The Morgan fingerprint density at radius 3 is 2.50 bits per heavy atom. The molecule has 0 aliphatic heterocycles. The summed E-state index contributed by atoms with van der Waals surface area (Å²) in [7, 11) is -3.33. The summed E-state index contributed by atoms with van der Waals surface area (Å²) in [4.78, 5) is 23.9. The van der Waals surface area contributed by atoms with Gasteiger partial charge in [-0.3, -0.25) is 9.89 Å². The van der Waals surface area contributed by atoms with Crippen molar-refractivity contribution in [2.24, 2.45) is 0 Å². The number of H-pyrrole nitrogens is 1. The van der Waals surface area contributed by atoms with Crippen molar-refractivity contribution in [3.63, 3.8) is 0 Å². The van der Waals surface area contributed by atoms with Crippen LogP contribution in [0, 0.1) is 0 Å². The number of rotatable bonds is 4. The van der Waals surface area contributed by atoms with Gasteiger partial charge in [-0.05, 0) is 30.3 Å². The molecule has 2 heterocycles. The van der Waals surface area contributed by atoms with Gasteiger partial charge in [0.1, 0.15) is 15.5 Å². The lowest BCUT2D eigenvalue weighted by atomic mass is 10.2. The van der Waals surface area contributed by atoms with Crippen LogP contribution in [0.15, 0.2) is 35.2 Å². The van der Waals surface area contributed by atoms with Gasteiger partial charge in [-0.25, -0.2) is 13.2 Å². The van der Waals surface area contributed by atoms with Gasteiger partial charge >= 0.3 is 5.97 Å². The summed E-state index contributed by atoms with van der Waals surface area (Å²) in [6.45, 7) is 0. The van der Waals surface area contributed by atoms with Crippen molar-refractivity contribution in [2.75, 3.05) is 11.6 Å². The number of nitrogens with zero attached hydrogens (tertiary/aromatic N) is 1. The summed E-state index contributed by atoms with van der Waals surface area (Å²) in [6, 6.07) is 6.92. The number of aromatic amines is 1. The average Bonchev–Trinajstić information content (AvgIpc) is 3.08. The quantitative estimate of drug-likeness (QED) is 0.648. The van der Waals surface area contributed by atoms with Crippen LogP contribution < -0.4 is 5.32 Å². The van der Waals surface area contributed by atoms with Crippen LogP contribution >= 0.6 is 11.3 Å². The third-order valence-corrected chi connectivity index (χ3v) is 5.39. The van der Waals surface area contributed by atoms with E-state index in [0.717, 1.165) is 17.6 Å². The number of amides is 1. The zero-order valence-electron chi connectivity index (χ0n) is 12.2. The molecule has 0 unspecified atom stereocenters. The Morgan fingerprint density at radius 2 is 1.92 bits per heavy atom. The molecule has 1 aromatic carbocycles. The topological polar surface area (TPSA) is 129 Å². The fourth-order valence-electron chi connectivity index (χ4n) is 2.05. The van der Waals surface area contributed by atoms with Crippen LogP contribution in [0.4, 0.5) is 5.82 Å². The van der Waals surface area contributed by atoms with Gasteiger partial charge in [0.15, 0.2) is 9.84 Å². The molecule has 0 fully saturated rings. The maximum Gasteiger partial charge on any atom is 0.345 e. The van der Waals surface area contributed by atoms with Gasteiger partial charge in [0.25, 0.3) is 5.91 Å². The number of nitrogens with one attached hydrogen (secondary N) is 2. The maximum atomic E-state index is 12.2. The Hall–Kier alpha value is -2.72. The highest BCUT2D eigenvalue weighted by Gasteiger charge is 2.16. The highest BCUT2D eigenvalue weighted by atomic mass is 32.2. The van der Waals surface area contributed by atoms with Crippen molar-refractivity contribution < 1.29 is 23.1 Å². The molecule has 24 heavy (non-hydrogen) atoms. The number of aromatic nitrogens is 2. The number of sulfone groups is 1. The van der Waals surface area contributed by atoms with Gasteiger partial charge in [0, 0.05) is 11.8 Å². The van der Waals surface area contributed by atoms with Crippen LogP contribution in [-0.2, 0) is 9.84 Å². The molecular weight excluding hydrogens is 354 g/mol. The summed E-state index contributed by atoms with van der Waals surface area (Å²) in [5, 5.41) is 18.7. The van der Waals surface area contributed by atoms with E-state index in [1.807, 2.05) is 0 Å². The summed E-state index contributed by atoms with van der Waals surface area (Å²) in [6.07, 6.45) is 1.08. The highest BCUT2D eigenvalue weighted by Crippen LogP contribution is 2.29. The second-order valence-electron chi connectivity index (χ2n) is 4.98. The molecule has 0 spiro atoms. The zero-order valence-corrected chi connectivity index (χ0v) is 13.9. The molecule has 0 bridgehead atoms. The molecule has 0 atom stereocenters. The average molecular weight is 365 g/mol. The van der Waals surface area contributed by atoms with Gasteiger partial charge in [0.2, 0.25) is 0 Å². The molecule has 3 aromatic rings. The van der Waals surface area contributed by atoms with Crippen LogP contribution in [0.3, 0.4) is 0 Å². The lowest BCUT2D eigenvalue weighted by molar-refractivity contribution is 0.0702. The monoisotopic (exact) mass is 365 g/mol. The maximum absolute atomic E-state index is 12.2. The third kappa shape index (κ3) is 3.01. The van der Waals surface area contributed by atoms with E-state index >= 15 is 0 Å². The fourth-order valence-corrected chi connectivity index (χ4v) is 3.52. The molecule has 0 saturated carbocycles. The van der Waals surface area contributed by atoms with Crippen LogP contribution in [0.25, 0.3) is 10.2 Å². The first-order valence-electron chi connectivity index (χ1n) is 6.58. The molecule has 0 saturated heterocycles. The van der Waals surface area contributed by atoms with Crippen molar-refractivity contribution in [1.82, 2.24) is 10.2 Å². The normalized spacial score (nSPS) is 11.5. The van der Waals surface area contributed by atoms with Crippen LogP contribution in [0.1, 0.15) is 20.0 Å². The number of hydrogen-bond donors (Lipinski definition) is 3. The van der Waals surface area contributed by atoms with Gasteiger partial charge in [0.05, 0.1) is 10.3 Å². The standard InChI is InChI=1S/C14H11N3O5S2/c1-24(21,22)8-4-2-7(3-5-8)12(18)15-11-9-6-10(14(19)20)23-13(9)17-16-11/h2-6H,1H3,(H,19,20)(H2,15,16,17,18). The van der Waals surface area contributed by atoms with Crippen LogP contribution in [-0.4, -0.2) is 41.9 Å². The molecule has 0 aliphatic rings. The number of carboxylic acid groups (broad SMARTS) is 1. The number of carbonyl (C=O) groups excluding carboxylic acids is 1. The minimum atomic E-state index is -3.33. The van der Waals surface area contributed by atoms with Gasteiger partial charge < -0.3 is 10.4 Å². The molecule has 2 aromatic heterocycles. The number of thiophene rings is 1. The summed E-state index contributed by atoms with van der Waals surface area (Å²) in [5.74, 6) is -1.25. The number of fused-ring (bicyclic) bond motifs is 1. The second-order valence-corrected chi connectivity index (χ2v) is 8.03. The Bertz CT molecular complexity index is 1050. The van der Waals surface area contributed by atoms with E-state index in [1.54, 1.807) is 0 Å². The Kier molecular flexibility index (Phi) is 3.85. The van der Waals surface area contributed by atoms with Crippen molar-refractivity contribution in [2.45, 2.75) is 4.90 Å². The zero-order chi connectivity index (χ0) is 17.5. The number of carbonyl (C=O) groups is 2. The van der Waals surface area contributed by atoms with E-state index in [0.29, 0.717) is 10.2 Å². The molecule has 3 N–H and O–H groups in total. The number of anilines is 1. The fraction of sp³-hybridized carbons (Fsp3) is 0.0714. The molecule has 3 rings (SSSR count). The lowest BCUT2D eigenvalue weighted by Gasteiger charge is -2.04. The number of aromatic carboxylic acids is 1. The Morgan fingerprint density at radius 1 is 1.25 bits per heavy atom. The Balaban J connectivity index is 1.85. The SMILES string of the molecule is CS(=O)(=O)c1ccc(C(=O)Nc2[nH]nc3sc(C(=O)O)cc23)cc1. The van der Waals surface area contributed by atoms with Gasteiger partial charge in [-0.2, -0.15) is 5.10 Å². The third-order valence-electron chi connectivity index (χ3n) is 3.25. The molecule has 1 amide bonds. The Labute approximate surface area is 140 Å². The lowest BCUT2D eigenvalue weighted by Crippen LogP contribution is -2.12. The largest absolute Gasteiger partial charge is 0.477 e. The van der Waals surface area contributed by atoms with E-state index < -0.39 is 21.7 Å². The first kappa shape index (κ1) is 16.1. The van der Waals surface area contributed by atoms with E-state index in [2.05, 4.69) is 15.5 Å². The smallest absolute Gasteiger partial charge is 0.345 e. The first-order valence-corrected chi connectivity index (χ1v) is 9.29. The second kappa shape index (κ2) is 5.73. The summed E-state index contributed by atoms with van der Waals surface area (Å²) >= 11 is 0.994. The summed E-state index contributed by atoms with van der Waals surface area (Å²) < 4.78 is 22.8. The predicted octanol–water partition coefficient (Wildman–Crippen LogP) is 1.98. The van der Waals surface area contributed by atoms with Gasteiger partial charge in [-0.15, -0.1) is 11.3 Å². The molecule has 124 valence electrons. The number of hydrogen-bond acceptors (Lipinski definition) is 6. The number of carboxylic acids is 1. The molecule has 0 radical (unpaired) electrons. The predicted molar refractivity (Wildman–Crippen MR) is 88.4 cm³/mol. The minimum absolute atomic E-state index is 0.118. The first-order chi connectivity index (χ1) is 11.3. The van der Waals surface area contributed by atoms with Crippen LogP contribution in [0.5, 0.6) is 0 Å². The molecule has 8 nitrogen and oxygen atoms in total. The molecular formula is C14H11N3O5S2. The van der Waals surface area contributed by atoms with E-state index in [1.165, 1.54) is 30.3 Å². The van der Waals surface area contributed by atoms with Gasteiger partial charge in [-0.1, -0.05) is 0 Å². The molecule has 10 heteroatoms. The highest BCUT2D eigenvalue weighted by molar-refractivity contribution is 7.90. The van der Waals surface area contributed by atoms with Crippen molar-refractivity contribution in [3.8, 4) is 0 Å². The summed E-state index contributed by atoms with van der Waals surface area (Å²) in [5.41, 5.74) is 0.263. The van der Waals surface area contributed by atoms with E-state index in [4.69, 9.17) is 5.11 Å². The number of benzene rings is 1. The van der Waals surface area contributed by atoms with Crippen molar-refractivity contribution >= 4 is 49.1 Å². The molecule has 0 aliphatic carbocycles.